The van der Waals surface area contributed by atoms with Gasteiger partial charge in [0.2, 0.25) is 6.29 Å². The minimum absolute atomic E-state index is 0.00150. The number of para-hydroxylation sites is 1. The van der Waals surface area contributed by atoms with E-state index in [-0.39, 0.29) is 11.8 Å². The van der Waals surface area contributed by atoms with Crippen LogP contribution in [0.2, 0.25) is 0 Å². The van der Waals surface area contributed by atoms with Gasteiger partial charge in [-0.3, -0.25) is 0 Å². The van der Waals surface area contributed by atoms with Crippen molar-refractivity contribution in [3.8, 4) is 11.5 Å². The fourth-order valence-corrected chi connectivity index (χ4v) is 6.29. The van der Waals surface area contributed by atoms with Gasteiger partial charge in [-0.15, -0.1) is 0 Å². The Morgan fingerprint density at radius 2 is 1.33 bits per heavy atom. The third-order valence-electron chi connectivity index (χ3n) is 8.43. The monoisotopic (exact) mass is 527 g/mol. The lowest BCUT2D eigenvalue weighted by Gasteiger charge is -2.37. The maximum absolute atomic E-state index is 11.0. The molecule has 5 rings (SSSR count). The first-order valence-electron chi connectivity index (χ1n) is 15.2. The van der Waals surface area contributed by atoms with Crippen LogP contribution in [0.3, 0.4) is 0 Å². The largest absolute Gasteiger partial charge is 0.494 e. The Labute approximate surface area is 235 Å². The zero-order valence-corrected chi connectivity index (χ0v) is 23.3. The summed E-state index contributed by atoms with van der Waals surface area (Å²) >= 11 is 0. The number of hydrogen-bond acceptors (Lipinski definition) is 4. The van der Waals surface area contributed by atoms with Crippen molar-refractivity contribution in [3.63, 3.8) is 0 Å². The summed E-state index contributed by atoms with van der Waals surface area (Å²) in [5.74, 6) is 1.48. The molecule has 0 spiro atoms. The SMILES string of the molecule is OC1Oc2ccccc2C(c2ccc(OCCCCCCCCCCN3CCCC3)cc2)C1c1ccccc1. The molecule has 0 saturated carbocycles. The minimum Gasteiger partial charge on any atom is -0.494 e. The van der Waals surface area contributed by atoms with Crippen molar-refractivity contribution in [2.45, 2.75) is 82.3 Å². The summed E-state index contributed by atoms with van der Waals surface area (Å²) in [6, 6.07) is 26.7. The zero-order valence-electron chi connectivity index (χ0n) is 23.3. The summed E-state index contributed by atoms with van der Waals surface area (Å²) in [5, 5.41) is 11.0. The van der Waals surface area contributed by atoms with E-state index in [0.29, 0.717) is 0 Å². The van der Waals surface area contributed by atoms with Crippen molar-refractivity contribution in [1.82, 2.24) is 4.90 Å². The van der Waals surface area contributed by atoms with Crippen LogP contribution in [0.5, 0.6) is 11.5 Å². The lowest BCUT2D eigenvalue weighted by Crippen LogP contribution is -2.34. The van der Waals surface area contributed by atoms with Crippen LogP contribution in [0.25, 0.3) is 0 Å². The van der Waals surface area contributed by atoms with Gasteiger partial charge >= 0.3 is 0 Å². The third-order valence-corrected chi connectivity index (χ3v) is 8.43. The summed E-state index contributed by atoms with van der Waals surface area (Å²) in [5.41, 5.74) is 3.34. The molecule has 1 saturated heterocycles. The molecule has 39 heavy (non-hydrogen) atoms. The fourth-order valence-electron chi connectivity index (χ4n) is 6.29. The van der Waals surface area contributed by atoms with Crippen LogP contribution in [0, 0.1) is 0 Å². The number of unbranched alkanes of at least 4 members (excludes halogenated alkanes) is 7. The van der Waals surface area contributed by atoms with Gasteiger partial charge in [-0.25, -0.2) is 0 Å². The molecule has 2 aliphatic rings. The number of nitrogens with zero attached hydrogens (tertiary/aromatic N) is 1. The molecule has 4 heteroatoms. The van der Waals surface area contributed by atoms with Crippen LogP contribution in [0.1, 0.15) is 92.7 Å². The topological polar surface area (TPSA) is 41.9 Å². The van der Waals surface area contributed by atoms with Crippen molar-refractivity contribution >= 4 is 0 Å². The van der Waals surface area contributed by atoms with E-state index < -0.39 is 6.29 Å². The normalized spacial score (nSPS) is 20.9. The molecule has 1 fully saturated rings. The van der Waals surface area contributed by atoms with Crippen LogP contribution in [0.15, 0.2) is 78.9 Å². The van der Waals surface area contributed by atoms with E-state index in [2.05, 4.69) is 47.4 Å². The molecule has 3 atom stereocenters. The van der Waals surface area contributed by atoms with Crippen molar-refractivity contribution in [2.24, 2.45) is 0 Å². The van der Waals surface area contributed by atoms with Gasteiger partial charge in [0.05, 0.1) is 12.5 Å². The molecular weight excluding hydrogens is 482 g/mol. The first-order valence-corrected chi connectivity index (χ1v) is 15.2. The number of likely N-dealkylation sites (tertiary alicyclic amines) is 1. The van der Waals surface area contributed by atoms with Crippen molar-refractivity contribution < 1.29 is 14.6 Å². The van der Waals surface area contributed by atoms with E-state index in [4.69, 9.17) is 9.47 Å². The minimum atomic E-state index is -0.904. The Morgan fingerprint density at radius 3 is 2.08 bits per heavy atom. The van der Waals surface area contributed by atoms with E-state index in [1.54, 1.807) is 0 Å². The summed E-state index contributed by atoms with van der Waals surface area (Å²) in [6.07, 6.45) is 12.4. The molecule has 1 N–H and O–H groups in total. The van der Waals surface area contributed by atoms with Crippen LogP contribution < -0.4 is 9.47 Å². The van der Waals surface area contributed by atoms with Gasteiger partial charge < -0.3 is 19.5 Å². The van der Waals surface area contributed by atoms with Gasteiger partial charge in [0.25, 0.3) is 0 Å². The lowest BCUT2D eigenvalue weighted by molar-refractivity contribution is -0.0530. The van der Waals surface area contributed by atoms with E-state index in [1.807, 2.05) is 36.4 Å². The number of benzene rings is 3. The number of rotatable bonds is 14. The van der Waals surface area contributed by atoms with Crippen LogP contribution >= 0.6 is 0 Å². The number of aliphatic hydroxyl groups excluding tert-OH is 1. The van der Waals surface area contributed by atoms with Gasteiger partial charge in [0.15, 0.2) is 0 Å². The second-order valence-corrected chi connectivity index (χ2v) is 11.3. The standard InChI is InChI=1S/C35H45NO3/c37-35-34(28-16-8-7-9-17-28)33(31-18-10-11-19-32(31)39-35)29-20-22-30(23-21-29)38-27-15-6-4-2-1-3-5-12-24-36-25-13-14-26-36/h7-11,16-23,33-35,37H,1-6,12-15,24-27H2. The van der Waals surface area contributed by atoms with E-state index in [0.717, 1.165) is 41.2 Å². The highest BCUT2D eigenvalue weighted by atomic mass is 16.6. The highest BCUT2D eigenvalue weighted by molar-refractivity contribution is 5.48. The van der Waals surface area contributed by atoms with E-state index in [1.165, 1.54) is 77.4 Å². The van der Waals surface area contributed by atoms with Gasteiger partial charge in [-0.1, -0.05) is 99.2 Å². The Bertz CT molecular complexity index is 1110. The van der Waals surface area contributed by atoms with Gasteiger partial charge in [-0.2, -0.15) is 0 Å². The van der Waals surface area contributed by atoms with Gasteiger partial charge in [-0.05, 0) is 74.6 Å². The molecule has 3 aromatic rings. The third kappa shape index (κ3) is 7.64. The van der Waals surface area contributed by atoms with Gasteiger partial charge in [0.1, 0.15) is 11.5 Å². The second-order valence-electron chi connectivity index (χ2n) is 11.3. The smallest absolute Gasteiger partial charge is 0.205 e. The maximum Gasteiger partial charge on any atom is 0.205 e. The molecule has 0 bridgehead atoms. The van der Waals surface area contributed by atoms with E-state index in [9.17, 15) is 5.11 Å². The van der Waals surface area contributed by atoms with Crippen molar-refractivity contribution in [2.75, 3.05) is 26.2 Å². The van der Waals surface area contributed by atoms with Crippen LogP contribution in [0.4, 0.5) is 0 Å². The van der Waals surface area contributed by atoms with Gasteiger partial charge in [0, 0.05) is 11.5 Å². The van der Waals surface area contributed by atoms with Crippen molar-refractivity contribution in [1.29, 1.82) is 0 Å². The highest BCUT2D eigenvalue weighted by Gasteiger charge is 2.39. The molecule has 3 aromatic carbocycles. The summed E-state index contributed by atoms with van der Waals surface area (Å²) < 4.78 is 12.0. The molecule has 208 valence electrons. The Morgan fingerprint density at radius 1 is 0.692 bits per heavy atom. The van der Waals surface area contributed by atoms with Crippen LogP contribution in [-0.4, -0.2) is 42.5 Å². The average Bonchev–Trinajstić information content (AvgIpc) is 3.50. The summed E-state index contributed by atoms with van der Waals surface area (Å²) in [6.45, 7) is 4.74. The summed E-state index contributed by atoms with van der Waals surface area (Å²) in [7, 11) is 0. The molecular formula is C35H45NO3. The number of fused-ring (bicyclic) bond motifs is 1. The van der Waals surface area contributed by atoms with E-state index >= 15 is 0 Å². The predicted octanol–water partition coefficient (Wildman–Crippen LogP) is 7.91. The lowest BCUT2D eigenvalue weighted by atomic mass is 9.75. The first kappa shape index (κ1) is 27.7. The zero-order chi connectivity index (χ0) is 26.7. The predicted molar refractivity (Wildman–Crippen MR) is 159 cm³/mol. The molecule has 2 heterocycles. The molecule has 0 aliphatic carbocycles. The van der Waals surface area contributed by atoms with Crippen molar-refractivity contribution in [3.05, 3.63) is 95.6 Å². The first-order chi connectivity index (χ1) is 19.3. The highest BCUT2D eigenvalue weighted by Crippen LogP contribution is 2.48. The maximum atomic E-state index is 11.0. The molecule has 0 radical (unpaired) electrons. The fraction of sp³-hybridized carbons (Fsp3) is 0.486. The Kier molecular flexibility index (Phi) is 10.3. The Balaban J connectivity index is 1.06. The summed E-state index contributed by atoms with van der Waals surface area (Å²) in [4.78, 5) is 2.63. The molecule has 2 aliphatic heterocycles. The second kappa shape index (κ2) is 14.5. The number of ether oxygens (including phenoxy) is 2. The number of hydrogen-bond donors (Lipinski definition) is 1. The molecule has 0 amide bonds. The quantitative estimate of drug-likeness (QED) is 0.216. The average molecular weight is 528 g/mol. The molecule has 4 nitrogen and oxygen atoms in total. The van der Waals surface area contributed by atoms with Crippen LogP contribution in [-0.2, 0) is 0 Å². The molecule has 0 aromatic heterocycles. The number of aliphatic hydroxyl groups is 1. The molecule has 3 unspecified atom stereocenters. The Hall–Kier alpha value is -2.82.